The molecule has 1 aliphatic heterocycles. The summed E-state index contributed by atoms with van der Waals surface area (Å²) in [6.45, 7) is 3.37. The number of rotatable bonds is 2. The number of benzene rings is 1. The molecule has 106 valence electrons. The Morgan fingerprint density at radius 1 is 1.45 bits per heavy atom. The molecule has 1 atom stereocenters. The molecule has 1 saturated heterocycles. The maximum Gasteiger partial charge on any atom is 0.258 e. The van der Waals surface area contributed by atoms with Crippen LogP contribution in [0, 0.1) is 6.92 Å². The number of imide groups is 1. The quantitative estimate of drug-likeness (QED) is 0.773. The van der Waals surface area contributed by atoms with E-state index in [1.165, 1.54) is 11.0 Å². The minimum Gasteiger partial charge on any atom is -0.507 e. The summed E-state index contributed by atoms with van der Waals surface area (Å²) in [5.74, 6) is -1.67. The lowest BCUT2D eigenvalue weighted by molar-refractivity contribution is -0.138. The lowest BCUT2D eigenvalue weighted by Crippen LogP contribution is -2.59. The third-order valence-corrected chi connectivity index (χ3v) is 3.29. The molecule has 2 rings (SSSR count). The van der Waals surface area contributed by atoms with Gasteiger partial charge in [0.05, 0.1) is 5.56 Å². The van der Waals surface area contributed by atoms with Crippen molar-refractivity contribution in [3.8, 4) is 5.75 Å². The molecule has 1 fully saturated rings. The second kappa shape index (κ2) is 5.32. The van der Waals surface area contributed by atoms with Crippen molar-refractivity contribution in [1.82, 2.24) is 10.2 Å². The van der Waals surface area contributed by atoms with Gasteiger partial charge in [0.25, 0.3) is 5.91 Å². The van der Waals surface area contributed by atoms with E-state index in [0.29, 0.717) is 6.42 Å². The minimum atomic E-state index is -0.694. The molecule has 1 heterocycles. The number of carbonyl (C=O) groups excluding carboxylic acids is 3. The fourth-order valence-corrected chi connectivity index (χ4v) is 2.26. The number of nitrogens with zero attached hydrogens (tertiary/aromatic N) is 1. The molecule has 1 aromatic carbocycles. The highest BCUT2D eigenvalue weighted by Gasteiger charge is 2.36. The molecule has 2 N–H and O–H groups in total. The van der Waals surface area contributed by atoms with Gasteiger partial charge in [-0.1, -0.05) is 18.6 Å². The molecule has 1 aliphatic rings. The Hall–Kier alpha value is -2.37. The van der Waals surface area contributed by atoms with E-state index in [9.17, 15) is 19.5 Å². The topological polar surface area (TPSA) is 86.7 Å². The van der Waals surface area contributed by atoms with E-state index in [-0.39, 0.29) is 17.9 Å². The highest BCUT2D eigenvalue weighted by molar-refractivity contribution is 6.07. The molecule has 1 unspecified atom stereocenters. The van der Waals surface area contributed by atoms with Crippen molar-refractivity contribution >= 4 is 17.7 Å². The number of aryl methyl sites for hydroxylation is 1. The molecule has 3 amide bonds. The number of amides is 3. The summed E-state index contributed by atoms with van der Waals surface area (Å²) in [6.07, 6.45) is 0.400. The molecular formula is C14H16N2O4. The van der Waals surface area contributed by atoms with E-state index in [1.807, 2.05) is 0 Å². The molecule has 1 aromatic rings. The van der Waals surface area contributed by atoms with E-state index in [0.717, 1.165) is 5.56 Å². The number of nitrogens with one attached hydrogen (secondary N) is 1. The minimum absolute atomic E-state index is 0.103. The van der Waals surface area contributed by atoms with Gasteiger partial charge in [0.15, 0.2) is 0 Å². The van der Waals surface area contributed by atoms with Gasteiger partial charge in [-0.25, -0.2) is 0 Å². The van der Waals surface area contributed by atoms with Gasteiger partial charge in [-0.05, 0) is 25.5 Å². The number of hydrogen-bond donors (Lipinski definition) is 2. The second-order valence-corrected chi connectivity index (χ2v) is 4.79. The molecule has 0 bridgehead atoms. The normalized spacial score (nSPS) is 18.9. The molecule has 20 heavy (non-hydrogen) atoms. The Bertz CT molecular complexity index is 583. The van der Waals surface area contributed by atoms with Crippen molar-refractivity contribution in [3.63, 3.8) is 0 Å². The summed E-state index contributed by atoms with van der Waals surface area (Å²) >= 11 is 0. The van der Waals surface area contributed by atoms with Crippen LogP contribution in [0.2, 0.25) is 0 Å². The summed E-state index contributed by atoms with van der Waals surface area (Å²) in [5.41, 5.74) is 0.915. The summed E-state index contributed by atoms with van der Waals surface area (Å²) in [7, 11) is 0. The molecule has 0 aromatic heterocycles. The molecule has 0 saturated carbocycles. The maximum absolute atomic E-state index is 12.5. The van der Waals surface area contributed by atoms with Crippen LogP contribution in [0.5, 0.6) is 5.75 Å². The predicted molar refractivity (Wildman–Crippen MR) is 71.1 cm³/mol. The zero-order valence-corrected chi connectivity index (χ0v) is 11.3. The van der Waals surface area contributed by atoms with Crippen LogP contribution in [0.3, 0.4) is 0 Å². The predicted octanol–water partition coefficient (Wildman–Crippen LogP) is 0.578. The van der Waals surface area contributed by atoms with Gasteiger partial charge >= 0.3 is 0 Å². The van der Waals surface area contributed by atoms with Crippen LogP contribution >= 0.6 is 0 Å². The van der Waals surface area contributed by atoms with Crippen molar-refractivity contribution in [2.24, 2.45) is 0 Å². The zero-order valence-electron chi connectivity index (χ0n) is 11.3. The van der Waals surface area contributed by atoms with Crippen molar-refractivity contribution in [2.75, 3.05) is 6.54 Å². The molecular weight excluding hydrogens is 260 g/mol. The number of aromatic hydroxyl groups is 1. The van der Waals surface area contributed by atoms with Crippen molar-refractivity contribution in [3.05, 3.63) is 29.3 Å². The van der Waals surface area contributed by atoms with Crippen LogP contribution in [-0.2, 0) is 9.59 Å². The van der Waals surface area contributed by atoms with Crippen LogP contribution in [0.15, 0.2) is 18.2 Å². The third kappa shape index (κ3) is 2.49. The van der Waals surface area contributed by atoms with Crippen molar-refractivity contribution < 1.29 is 19.5 Å². The monoisotopic (exact) mass is 276 g/mol. The molecule has 0 radical (unpaired) electrons. The van der Waals surface area contributed by atoms with Gasteiger partial charge < -0.3 is 10.0 Å². The first-order valence-electron chi connectivity index (χ1n) is 6.38. The zero-order chi connectivity index (χ0) is 14.9. The Kier molecular flexibility index (Phi) is 3.74. The molecule has 0 spiro atoms. The Morgan fingerprint density at radius 2 is 2.15 bits per heavy atom. The fourth-order valence-electron chi connectivity index (χ4n) is 2.26. The van der Waals surface area contributed by atoms with Gasteiger partial charge in [-0.2, -0.15) is 0 Å². The van der Waals surface area contributed by atoms with Gasteiger partial charge in [-0.3, -0.25) is 19.7 Å². The number of hydrogen-bond acceptors (Lipinski definition) is 4. The van der Waals surface area contributed by atoms with Crippen LogP contribution in [0.1, 0.15) is 29.3 Å². The van der Waals surface area contributed by atoms with Crippen molar-refractivity contribution in [2.45, 2.75) is 26.3 Å². The van der Waals surface area contributed by atoms with Gasteiger partial charge in [0, 0.05) is 0 Å². The van der Waals surface area contributed by atoms with E-state index < -0.39 is 23.8 Å². The number of carbonyl (C=O) groups is 3. The second-order valence-electron chi connectivity index (χ2n) is 4.79. The molecule has 6 nitrogen and oxygen atoms in total. The first kappa shape index (κ1) is 14.0. The Labute approximate surface area is 116 Å². The van der Waals surface area contributed by atoms with Crippen LogP contribution in [-0.4, -0.2) is 40.3 Å². The summed E-state index contributed by atoms with van der Waals surface area (Å²) in [4.78, 5) is 36.9. The molecule has 6 heteroatoms. The SMILES string of the molecule is CCC1C(=O)NC(=O)CN1C(=O)c1cc(C)ccc1O. The Balaban J connectivity index is 2.37. The largest absolute Gasteiger partial charge is 0.507 e. The fraction of sp³-hybridized carbons (Fsp3) is 0.357. The Morgan fingerprint density at radius 3 is 2.80 bits per heavy atom. The smallest absolute Gasteiger partial charge is 0.258 e. The van der Waals surface area contributed by atoms with Crippen molar-refractivity contribution in [1.29, 1.82) is 0 Å². The van der Waals surface area contributed by atoms with E-state index in [4.69, 9.17) is 0 Å². The highest BCUT2D eigenvalue weighted by Crippen LogP contribution is 2.22. The number of piperazine rings is 1. The van der Waals surface area contributed by atoms with Crippen LogP contribution in [0.25, 0.3) is 0 Å². The summed E-state index contributed by atoms with van der Waals surface area (Å²) < 4.78 is 0. The third-order valence-electron chi connectivity index (χ3n) is 3.29. The van der Waals surface area contributed by atoms with Crippen LogP contribution < -0.4 is 5.32 Å². The summed E-state index contributed by atoms with van der Waals surface area (Å²) in [6, 6.07) is 3.95. The molecule has 0 aliphatic carbocycles. The number of phenolic OH excluding ortho intramolecular Hbond substituents is 1. The van der Waals surface area contributed by atoms with E-state index >= 15 is 0 Å². The standard InChI is InChI=1S/C14H16N2O4/c1-3-10-13(19)15-12(18)7-16(10)14(20)9-6-8(2)4-5-11(9)17/h4-6,10,17H,3,7H2,1-2H3,(H,15,18,19). The van der Waals surface area contributed by atoms with E-state index in [1.54, 1.807) is 26.0 Å². The first-order valence-corrected chi connectivity index (χ1v) is 6.38. The number of phenols is 1. The van der Waals surface area contributed by atoms with Gasteiger partial charge in [0.1, 0.15) is 18.3 Å². The first-order chi connectivity index (χ1) is 9.43. The van der Waals surface area contributed by atoms with Crippen LogP contribution in [0.4, 0.5) is 0 Å². The summed E-state index contributed by atoms with van der Waals surface area (Å²) in [5, 5.41) is 12.0. The van der Waals surface area contributed by atoms with Gasteiger partial charge in [-0.15, -0.1) is 0 Å². The highest BCUT2D eigenvalue weighted by atomic mass is 16.3. The lowest BCUT2D eigenvalue weighted by Gasteiger charge is -2.33. The average molecular weight is 276 g/mol. The average Bonchev–Trinajstić information content (AvgIpc) is 2.40. The lowest BCUT2D eigenvalue weighted by atomic mass is 10.0. The van der Waals surface area contributed by atoms with E-state index in [2.05, 4.69) is 5.32 Å². The maximum atomic E-state index is 12.5. The van der Waals surface area contributed by atoms with Gasteiger partial charge in [0.2, 0.25) is 11.8 Å².